The van der Waals surface area contributed by atoms with Gasteiger partial charge in [0.15, 0.2) is 0 Å². The van der Waals surface area contributed by atoms with Crippen molar-refractivity contribution in [1.82, 2.24) is 16.0 Å². The van der Waals surface area contributed by atoms with Gasteiger partial charge in [-0.25, -0.2) is 0 Å². The third-order valence-corrected chi connectivity index (χ3v) is 5.15. The highest BCUT2D eigenvalue weighted by atomic mass is 16.5. The van der Waals surface area contributed by atoms with Crippen molar-refractivity contribution in [3.8, 4) is 0 Å². The molecule has 1 heterocycles. The maximum Gasteiger partial charge on any atom is 0.252 e. The summed E-state index contributed by atoms with van der Waals surface area (Å²) in [5.41, 5.74) is -0.711. The number of hydrogen-bond acceptors (Lipinski definition) is 4. The summed E-state index contributed by atoms with van der Waals surface area (Å²) in [6.45, 7) is 2.52. The molecule has 1 aliphatic carbocycles. The normalized spacial score (nSPS) is 21.6. The van der Waals surface area contributed by atoms with Crippen molar-refractivity contribution in [2.75, 3.05) is 33.3 Å². The molecule has 23 heavy (non-hydrogen) atoms. The van der Waals surface area contributed by atoms with Crippen LogP contribution in [0.5, 0.6) is 0 Å². The average molecular weight is 325 g/mol. The fourth-order valence-corrected chi connectivity index (χ4v) is 3.62. The standard InChI is InChI=1S/C17H31N3O3/c1-23-17(7-9-18-10-8-17)16(22)20-12-11-19-15(21)13-14-5-3-2-4-6-14/h14,18H,2-13H2,1H3,(H,19,21)(H,20,22). The zero-order chi connectivity index (χ0) is 16.5. The summed E-state index contributed by atoms with van der Waals surface area (Å²) in [5, 5.41) is 9.04. The van der Waals surface area contributed by atoms with E-state index < -0.39 is 5.60 Å². The molecule has 0 spiro atoms. The Labute approximate surface area is 139 Å². The van der Waals surface area contributed by atoms with Crippen LogP contribution >= 0.6 is 0 Å². The molecular formula is C17H31N3O3. The topological polar surface area (TPSA) is 79.5 Å². The number of carbonyl (C=O) groups is 2. The second kappa shape index (κ2) is 9.23. The monoisotopic (exact) mass is 325 g/mol. The molecule has 6 heteroatoms. The molecular weight excluding hydrogens is 294 g/mol. The number of piperidine rings is 1. The summed E-state index contributed by atoms with van der Waals surface area (Å²) >= 11 is 0. The number of rotatable bonds is 7. The van der Waals surface area contributed by atoms with E-state index in [0.29, 0.717) is 38.3 Å². The van der Waals surface area contributed by atoms with E-state index in [1.165, 1.54) is 32.1 Å². The molecule has 0 aromatic carbocycles. The van der Waals surface area contributed by atoms with Gasteiger partial charge in [0.2, 0.25) is 5.91 Å². The van der Waals surface area contributed by atoms with E-state index >= 15 is 0 Å². The second-order valence-corrected chi connectivity index (χ2v) is 6.76. The summed E-state index contributed by atoms with van der Waals surface area (Å²) in [5.74, 6) is 0.586. The number of methoxy groups -OCH3 is 1. The highest BCUT2D eigenvalue weighted by Crippen LogP contribution is 2.26. The quantitative estimate of drug-likeness (QED) is 0.609. The van der Waals surface area contributed by atoms with Crippen LogP contribution in [-0.4, -0.2) is 50.7 Å². The molecule has 2 aliphatic rings. The second-order valence-electron chi connectivity index (χ2n) is 6.76. The van der Waals surface area contributed by atoms with Gasteiger partial charge in [0.05, 0.1) is 0 Å². The van der Waals surface area contributed by atoms with Gasteiger partial charge in [0, 0.05) is 26.6 Å². The minimum Gasteiger partial charge on any atom is -0.368 e. The van der Waals surface area contributed by atoms with Crippen LogP contribution in [0.15, 0.2) is 0 Å². The van der Waals surface area contributed by atoms with Crippen LogP contribution in [0.1, 0.15) is 51.4 Å². The summed E-state index contributed by atoms with van der Waals surface area (Å²) in [6, 6.07) is 0. The van der Waals surface area contributed by atoms with Crippen molar-refractivity contribution in [1.29, 1.82) is 0 Å². The summed E-state index contributed by atoms with van der Waals surface area (Å²) in [7, 11) is 1.59. The van der Waals surface area contributed by atoms with Gasteiger partial charge in [-0.1, -0.05) is 19.3 Å². The molecule has 2 fully saturated rings. The lowest BCUT2D eigenvalue weighted by atomic mass is 9.87. The van der Waals surface area contributed by atoms with Crippen molar-refractivity contribution in [3.63, 3.8) is 0 Å². The molecule has 2 rings (SSSR count). The molecule has 1 saturated carbocycles. The Kier molecular flexibility index (Phi) is 7.30. The molecule has 6 nitrogen and oxygen atoms in total. The van der Waals surface area contributed by atoms with Crippen molar-refractivity contribution in [2.45, 2.75) is 57.0 Å². The highest BCUT2D eigenvalue weighted by Gasteiger charge is 2.39. The SMILES string of the molecule is COC1(C(=O)NCCNC(=O)CC2CCCCC2)CCNCC1. The van der Waals surface area contributed by atoms with Crippen LogP contribution in [0, 0.1) is 5.92 Å². The van der Waals surface area contributed by atoms with Gasteiger partial charge in [0.1, 0.15) is 5.60 Å². The zero-order valence-corrected chi connectivity index (χ0v) is 14.3. The van der Waals surface area contributed by atoms with Gasteiger partial charge in [-0.2, -0.15) is 0 Å². The Morgan fingerprint density at radius 1 is 1.09 bits per heavy atom. The minimum absolute atomic E-state index is 0.0666. The Bertz CT molecular complexity index is 389. The van der Waals surface area contributed by atoms with Crippen LogP contribution in [-0.2, 0) is 14.3 Å². The van der Waals surface area contributed by atoms with Crippen LogP contribution in [0.3, 0.4) is 0 Å². The highest BCUT2D eigenvalue weighted by molar-refractivity contribution is 5.85. The van der Waals surface area contributed by atoms with E-state index in [-0.39, 0.29) is 11.8 Å². The fraction of sp³-hybridized carbons (Fsp3) is 0.882. The smallest absolute Gasteiger partial charge is 0.252 e. The maximum atomic E-state index is 12.3. The van der Waals surface area contributed by atoms with Crippen molar-refractivity contribution in [2.24, 2.45) is 5.92 Å². The largest absolute Gasteiger partial charge is 0.368 e. The summed E-state index contributed by atoms with van der Waals surface area (Å²) in [4.78, 5) is 24.3. The minimum atomic E-state index is -0.711. The number of hydrogen-bond donors (Lipinski definition) is 3. The van der Waals surface area contributed by atoms with Gasteiger partial charge in [-0.05, 0) is 44.7 Å². The van der Waals surface area contributed by atoms with E-state index in [4.69, 9.17) is 4.74 Å². The molecule has 2 amide bonds. The Morgan fingerprint density at radius 2 is 1.74 bits per heavy atom. The van der Waals surface area contributed by atoms with Gasteiger partial charge >= 0.3 is 0 Å². The lowest BCUT2D eigenvalue weighted by Gasteiger charge is -2.34. The third kappa shape index (κ3) is 5.46. The number of amides is 2. The average Bonchev–Trinajstić information content (AvgIpc) is 2.60. The first kappa shape index (κ1) is 18.2. The molecule has 132 valence electrons. The predicted octanol–water partition coefficient (Wildman–Crippen LogP) is 0.958. The molecule has 0 aromatic heterocycles. The van der Waals surface area contributed by atoms with Crippen LogP contribution in [0.2, 0.25) is 0 Å². The molecule has 0 aromatic rings. The lowest BCUT2D eigenvalue weighted by Crippen LogP contribution is -2.55. The first-order chi connectivity index (χ1) is 11.2. The van der Waals surface area contributed by atoms with Gasteiger partial charge in [0.25, 0.3) is 5.91 Å². The molecule has 0 atom stereocenters. The third-order valence-electron chi connectivity index (χ3n) is 5.15. The number of ether oxygens (including phenoxy) is 1. The van der Waals surface area contributed by atoms with E-state index in [9.17, 15) is 9.59 Å². The molecule has 3 N–H and O–H groups in total. The van der Waals surface area contributed by atoms with Crippen LogP contribution < -0.4 is 16.0 Å². The van der Waals surface area contributed by atoms with Crippen molar-refractivity contribution in [3.05, 3.63) is 0 Å². The van der Waals surface area contributed by atoms with E-state index in [1.807, 2.05) is 0 Å². The van der Waals surface area contributed by atoms with Crippen molar-refractivity contribution >= 4 is 11.8 Å². The van der Waals surface area contributed by atoms with Gasteiger partial charge in [-0.15, -0.1) is 0 Å². The number of carbonyl (C=O) groups excluding carboxylic acids is 2. The summed E-state index contributed by atoms with van der Waals surface area (Å²) < 4.78 is 5.48. The number of nitrogens with one attached hydrogen (secondary N) is 3. The zero-order valence-electron chi connectivity index (χ0n) is 14.3. The van der Waals surface area contributed by atoms with Crippen LogP contribution in [0.4, 0.5) is 0 Å². The fourth-order valence-electron chi connectivity index (χ4n) is 3.62. The molecule has 0 bridgehead atoms. The molecule has 1 saturated heterocycles. The van der Waals surface area contributed by atoms with Crippen LogP contribution in [0.25, 0.3) is 0 Å². The Morgan fingerprint density at radius 3 is 2.39 bits per heavy atom. The van der Waals surface area contributed by atoms with E-state index in [1.54, 1.807) is 7.11 Å². The Balaban J connectivity index is 1.62. The summed E-state index contributed by atoms with van der Waals surface area (Å²) in [6.07, 6.45) is 8.16. The molecule has 0 unspecified atom stereocenters. The van der Waals surface area contributed by atoms with Gasteiger partial charge < -0.3 is 20.7 Å². The van der Waals surface area contributed by atoms with Crippen molar-refractivity contribution < 1.29 is 14.3 Å². The van der Waals surface area contributed by atoms with Gasteiger partial charge in [-0.3, -0.25) is 9.59 Å². The molecule has 1 aliphatic heterocycles. The first-order valence-corrected chi connectivity index (χ1v) is 8.97. The molecule has 0 radical (unpaired) electrons. The maximum absolute atomic E-state index is 12.3. The lowest BCUT2D eigenvalue weighted by molar-refractivity contribution is -0.146. The van der Waals surface area contributed by atoms with E-state index in [2.05, 4.69) is 16.0 Å². The Hall–Kier alpha value is -1.14. The van der Waals surface area contributed by atoms with E-state index in [0.717, 1.165) is 13.1 Å². The first-order valence-electron chi connectivity index (χ1n) is 8.97. The predicted molar refractivity (Wildman–Crippen MR) is 89.1 cm³/mol.